The first-order valence-corrected chi connectivity index (χ1v) is 4.07. The van der Waals surface area contributed by atoms with Crippen LogP contribution in [-0.2, 0) is 0 Å². The van der Waals surface area contributed by atoms with E-state index < -0.39 is 0 Å². The minimum atomic E-state index is 0.0636. The largest absolute Gasteiger partial charge is 0.191 e. The van der Waals surface area contributed by atoms with Gasteiger partial charge in [-0.3, -0.25) is 0 Å². The molecule has 0 aliphatic rings. The molecule has 11 heavy (non-hydrogen) atoms. The Hall–Kier alpha value is -0.610. The summed E-state index contributed by atoms with van der Waals surface area (Å²) in [6.07, 6.45) is 0. The smallest absolute Gasteiger partial charge is 0.124 e. The second-order valence-corrected chi connectivity index (χ2v) is 2.85. The predicted molar refractivity (Wildman–Crippen MR) is 46.7 cm³/mol. The lowest BCUT2D eigenvalue weighted by Gasteiger charge is -1.81. The molecule has 0 rings (SSSR count). The van der Waals surface area contributed by atoms with E-state index in [2.05, 4.69) is 0 Å². The molecule has 0 aromatic heterocycles. The van der Waals surface area contributed by atoms with E-state index in [1.807, 2.05) is 0 Å². The molecule has 0 saturated heterocycles. The Morgan fingerprint density at radius 2 is 1.45 bits per heavy atom. The lowest BCUT2D eigenvalue weighted by Crippen LogP contribution is -1.59. The van der Waals surface area contributed by atoms with Gasteiger partial charge in [0.2, 0.25) is 0 Å². The van der Waals surface area contributed by atoms with Gasteiger partial charge < -0.3 is 0 Å². The lowest BCUT2D eigenvalue weighted by atomic mass is 10.7. The molecule has 0 radical (unpaired) electrons. The van der Waals surface area contributed by atoms with Crippen molar-refractivity contribution in [2.75, 3.05) is 0 Å². The number of nitriles is 2. The Balaban J connectivity index is 3.96. The molecule has 0 heterocycles. The van der Waals surface area contributed by atoms with Crippen LogP contribution in [0.15, 0.2) is 20.9 Å². The fourth-order valence-electron chi connectivity index (χ4n) is 0.206. The first kappa shape index (κ1) is 10.4. The molecule has 0 spiro atoms. The highest BCUT2D eigenvalue weighted by molar-refractivity contribution is 8.05. The van der Waals surface area contributed by atoms with Crippen molar-refractivity contribution < 1.29 is 0 Å². The predicted octanol–water partition coefficient (Wildman–Crippen LogP) is 2.93. The van der Waals surface area contributed by atoms with Gasteiger partial charge in [0.15, 0.2) is 0 Å². The third-order valence-corrected chi connectivity index (χ3v) is 1.95. The molecule has 0 aromatic carbocycles. The molecular formula is C6H2Cl2N2S. The highest BCUT2D eigenvalue weighted by Gasteiger charge is 1.87. The molecule has 0 aliphatic heterocycles. The normalized spacial score (nSPS) is 12.0. The Morgan fingerprint density at radius 3 is 1.73 bits per heavy atom. The van der Waals surface area contributed by atoms with Crippen LogP contribution in [0, 0.1) is 22.7 Å². The van der Waals surface area contributed by atoms with Crippen LogP contribution in [0.2, 0.25) is 0 Å². The molecule has 0 amide bonds. The zero-order chi connectivity index (χ0) is 8.69. The van der Waals surface area contributed by atoms with Crippen molar-refractivity contribution in [3.8, 4) is 12.1 Å². The Kier molecular flexibility index (Phi) is 5.78. The zero-order valence-corrected chi connectivity index (χ0v) is 7.54. The summed E-state index contributed by atoms with van der Waals surface area (Å²) >= 11 is 11.7. The number of nitrogens with zero attached hydrogens (tertiary/aromatic N) is 2. The van der Waals surface area contributed by atoms with Gasteiger partial charge in [-0.25, -0.2) is 0 Å². The second kappa shape index (κ2) is 6.12. The molecular weight excluding hydrogens is 203 g/mol. The van der Waals surface area contributed by atoms with E-state index in [1.165, 1.54) is 10.8 Å². The van der Waals surface area contributed by atoms with Gasteiger partial charge in [-0.2, -0.15) is 10.5 Å². The summed E-state index contributed by atoms with van der Waals surface area (Å²) < 4.78 is 0. The lowest BCUT2D eigenvalue weighted by molar-refractivity contribution is 1.53. The zero-order valence-electron chi connectivity index (χ0n) is 5.21. The average Bonchev–Trinajstić information content (AvgIpc) is 2.04. The molecule has 0 bridgehead atoms. The van der Waals surface area contributed by atoms with Gasteiger partial charge in [-0.1, -0.05) is 23.2 Å². The monoisotopic (exact) mass is 204 g/mol. The summed E-state index contributed by atoms with van der Waals surface area (Å²) in [6.45, 7) is 0. The van der Waals surface area contributed by atoms with Gasteiger partial charge >= 0.3 is 0 Å². The van der Waals surface area contributed by atoms with E-state index in [4.69, 9.17) is 33.7 Å². The molecule has 0 aliphatic carbocycles. The number of thioether (sulfide) groups is 1. The van der Waals surface area contributed by atoms with Crippen LogP contribution in [-0.4, -0.2) is 0 Å². The topological polar surface area (TPSA) is 47.6 Å². The van der Waals surface area contributed by atoms with Gasteiger partial charge in [-0.15, -0.1) is 11.8 Å². The van der Waals surface area contributed by atoms with Gasteiger partial charge in [0.25, 0.3) is 0 Å². The van der Waals surface area contributed by atoms with Gasteiger partial charge in [0.05, 0.1) is 0 Å². The maximum absolute atomic E-state index is 8.17. The van der Waals surface area contributed by atoms with Gasteiger partial charge in [0.1, 0.15) is 22.2 Å². The van der Waals surface area contributed by atoms with Crippen LogP contribution in [0.1, 0.15) is 0 Å². The molecule has 5 heteroatoms. The maximum Gasteiger partial charge on any atom is 0.124 e. The van der Waals surface area contributed by atoms with Crippen molar-refractivity contribution in [1.82, 2.24) is 0 Å². The number of hydrogen-bond donors (Lipinski definition) is 0. The van der Waals surface area contributed by atoms with E-state index in [0.717, 1.165) is 11.8 Å². The van der Waals surface area contributed by atoms with Crippen molar-refractivity contribution in [3.63, 3.8) is 0 Å². The van der Waals surface area contributed by atoms with Crippen molar-refractivity contribution in [2.24, 2.45) is 0 Å². The summed E-state index contributed by atoms with van der Waals surface area (Å²) in [6, 6.07) is 3.41. The number of rotatable bonds is 2. The number of halogens is 2. The van der Waals surface area contributed by atoms with Crippen LogP contribution in [0.3, 0.4) is 0 Å². The van der Waals surface area contributed by atoms with Gasteiger partial charge in [-0.05, 0) is 0 Å². The molecule has 0 aromatic rings. The van der Waals surface area contributed by atoms with Crippen LogP contribution in [0.5, 0.6) is 0 Å². The minimum Gasteiger partial charge on any atom is -0.191 e. The van der Waals surface area contributed by atoms with E-state index in [1.54, 1.807) is 12.1 Å². The maximum atomic E-state index is 8.17. The molecule has 0 unspecified atom stereocenters. The Morgan fingerprint density at radius 1 is 1.09 bits per heavy atom. The molecule has 56 valence electrons. The van der Waals surface area contributed by atoms with E-state index in [0.29, 0.717) is 0 Å². The van der Waals surface area contributed by atoms with E-state index in [-0.39, 0.29) is 10.1 Å². The molecule has 0 atom stereocenters. The first-order valence-electron chi connectivity index (χ1n) is 2.37. The van der Waals surface area contributed by atoms with Gasteiger partial charge in [0, 0.05) is 10.8 Å². The fraction of sp³-hybridized carbons (Fsp3) is 0. The average molecular weight is 205 g/mol. The Bertz CT molecular complexity index is 241. The van der Waals surface area contributed by atoms with Crippen LogP contribution < -0.4 is 0 Å². The molecule has 0 saturated carbocycles. The molecule has 0 fully saturated rings. The second-order valence-electron chi connectivity index (χ2n) is 1.29. The van der Waals surface area contributed by atoms with Crippen molar-refractivity contribution in [2.45, 2.75) is 0 Å². The van der Waals surface area contributed by atoms with Crippen LogP contribution >= 0.6 is 35.0 Å². The van der Waals surface area contributed by atoms with Crippen molar-refractivity contribution >= 4 is 35.0 Å². The van der Waals surface area contributed by atoms with Crippen molar-refractivity contribution in [3.05, 3.63) is 20.9 Å². The highest BCUT2D eigenvalue weighted by Crippen LogP contribution is 2.14. The van der Waals surface area contributed by atoms with Crippen LogP contribution in [0.25, 0.3) is 0 Å². The summed E-state index contributed by atoms with van der Waals surface area (Å²) in [7, 11) is 0. The van der Waals surface area contributed by atoms with E-state index >= 15 is 0 Å². The number of allylic oxidation sites excluding steroid dienone is 2. The minimum absolute atomic E-state index is 0.0636. The molecule has 0 N–H and O–H groups in total. The summed E-state index contributed by atoms with van der Waals surface area (Å²) in [5, 5.41) is 19.3. The van der Waals surface area contributed by atoms with Crippen LogP contribution in [0.4, 0.5) is 0 Å². The fourth-order valence-corrected chi connectivity index (χ4v) is 0.927. The summed E-state index contributed by atoms with van der Waals surface area (Å²) in [5.74, 6) is 0. The van der Waals surface area contributed by atoms with E-state index in [9.17, 15) is 0 Å². The quantitative estimate of drug-likeness (QED) is 0.651. The standard InChI is InChI=1S/C6H2Cl2N2S/c7-5(1-9)3-11-4-6(8)2-10/h3-4H/b5-3-,6-4+. The third-order valence-electron chi connectivity index (χ3n) is 0.557. The molecule has 2 nitrogen and oxygen atoms in total. The SMILES string of the molecule is N#C/C(Cl)=C/S/C=C(/Cl)C#N. The highest BCUT2D eigenvalue weighted by atomic mass is 35.5. The first-order chi connectivity index (χ1) is 5.20. The Labute approximate surface area is 78.7 Å². The third kappa shape index (κ3) is 5.82. The van der Waals surface area contributed by atoms with Crippen molar-refractivity contribution in [1.29, 1.82) is 10.5 Å². The number of hydrogen-bond acceptors (Lipinski definition) is 3. The summed E-state index contributed by atoms with van der Waals surface area (Å²) in [4.78, 5) is 0. The summed E-state index contributed by atoms with van der Waals surface area (Å²) in [5.41, 5.74) is 0.